The summed E-state index contributed by atoms with van der Waals surface area (Å²) in [6.45, 7) is 7.28. The monoisotopic (exact) mass is 644 g/mol. The zero-order valence-electron chi connectivity index (χ0n) is 28.2. The summed E-state index contributed by atoms with van der Waals surface area (Å²) in [5.74, 6) is 1.16. The van der Waals surface area contributed by atoms with Crippen molar-refractivity contribution in [2.24, 2.45) is 0 Å². The highest BCUT2D eigenvalue weighted by atomic mass is 16.3. The molecule has 48 heavy (non-hydrogen) atoms. The lowest BCUT2D eigenvalue weighted by molar-refractivity contribution is -0.120. The number of hydrogen-bond donors (Lipinski definition) is 2. The van der Waals surface area contributed by atoms with Gasteiger partial charge in [-0.05, 0) is 48.9 Å². The summed E-state index contributed by atoms with van der Waals surface area (Å²) in [7, 11) is 0. The van der Waals surface area contributed by atoms with Crippen LogP contribution in [0.3, 0.4) is 0 Å². The van der Waals surface area contributed by atoms with E-state index in [4.69, 9.17) is 10.1 Å². The molecule has 0 spiro atoms. The topological polar surface area (TPSA) is 86.0 Å². The van der Waals surface area contributed by atoms with Crippen LogP contribution in [0.25, 0.3) is 28.0 Å². The van der Waals surface area contributed by atoms with Crippen molar-refractivity contribution in [2.45, 2.75) is 51.9 Å². The second kappa shape index (κ2) is 16.5. The number of aryl methyl sites for hydroxylation is 2. The highest BCUT2D eigenvalue weighted by Gasteiger charge is 2.23. The minimum atomic E-state index is 0.0992. The maximum Gasteiger partial charge on any atom is 0.224 e. The smallest absolute Gasteiger partial charge is 0.224 e. The predicted octanol–water partition coefficient (Wildman–Crippen LogP) is 6.34. The van der Waals surface area contributed by atoms with E-state index in [0.29, 0.717) is 13.0 Å². The number of anilines is 1. The second-order valence-electron chi connectivity index (χ2n) is 12.8. The van der Waals surface area contributed by atoms with E-state index >= 15 is 0 Å². The number of piperazine rings is 1. The van der Waals surface area contributed by atoms with Crippen molar-refractivity contribution in [1.29, 1.82) is 0 Å². The van der Waals surface area contributed by atoms with Gasteiger partial charge in [-0.1, -0.05) is 98.1 Å². The lowest BCUT2D eigenvalue weighted by atomic mass is 10.0. The van der Waals surface area contributed by atoms with Crippen molar-refractivity contribution in [1.82, 2.24) is 24.8 Å². The number of carbonyl (C=O) groups excluding carboxylic acids is 1. The fourth-order valence-electron chi connectivity index (χ4n) is 6.71. The van der Waals surface area contributed by atoms with Gasteiger partial charge in [0.2, 0.25) is 5.91 Å². The second-order valence-corrected chi connectivity index (χ2v) is 12.8. The first kappa shape index (κ1) is 33.4. The Morgan fingerprint density at radius 3 is 2.25 bits per heavy atom. The number of benzene rings is 3. The number of rotatable bonds is 15. The highest BCUT2D eigenvalue weighted by Crippen LogP contribution is 2.33. The molecule has 1 aliphatic rings. The molecule has 0 unspecified atom stereocenters. The molecule has 2 aromatic heterocycles. The zero-order chi connectivity index (χ0) is 33.1. The molecule has 0 atom stereocenters. The van der Waals surface area contributed by atoms with Crippen LogP contribution in [0.15, 0.2) is 91.0 Å². The molecule has 0 bridgehead atoms. The summed E-state index contributed by atoms with van der Waals surface area (Å²) in [5, 5.41) is 17.5. The first-order chi connectivity index (χ1) is 23.6. The molecule has 8 nitrogen and oxygen atoms in total. The van der Waals surface area contributed by atoms with Crippen LogP contribution in [-0.4, -0.2) is 76.4 Å². The van der Waals surface area contributed by atoms with Crippen molar-refractivity contribution in [3.8, 4) is 22.4 Å². The molecule has 0 radical (unpaired) electrons. The molecule has 5 aromatic rings. The number of aliphatic hydroxyl groups is 1. The van der Waals surface area contributed by atoms with Gasteiger partial charge in [0.05, 0.1) is 24.4 Å². The number of nitrogens with zero attached hydrogens (tertiary/aromatic N) is 5. The maximum absolute atomic E-state index is 12.2. The maximum atomic E-state index is 12.2. The molecular weight excluding hydrogens is 596 g/mol. The normalized spacial score (nSPS) is 13.7. The molecule has 3 heterocycles. The largest absolute Gasteiger partial charge is 0.395 e. The number of fused-ring (bicyclic) bond motifs is 1. The number of unbranched alkanes of at least 4 members (excludes halogenated alkanes) is 4. The fourth-order valence-corrected chi connectivity index (χ4v) is 6.71. The Bertz CT molecular complexity index is 1760. The molecule has 1 amide bonds. The van der Waals surface area contributed by atoms with Crippen molar-refractivity contribution in [3.63, 3.8) is 0 Å². The van der Waals surface area contributed by atoms with Crippen LogP contribution >= 0.6 is 0 Å². The molecule has 2 N–H and O–H groups in total. The van der Waals surface area contributed by atoms with E-state index in [1.165, 1.54) is 18.4 Å². The van der Waals surface area contributed by atoms with Crippen LogP contribution in [0.5, 0.6) is 0 Å². The van der Waals surface area contributed by atoms with E-state index in [9.17, 15) is 9.90 Å². The molecule has 0 saturated carbocycles. The molecule has 250 valence electrons. The van der Waals surface area contributed by atoms with E-state index < -0.39 is 0 Å². The van der Waals surface area contributed by atoms with Gasteiger partial charge in [0.15, 0.2) is 5.65 Å². The molecule has 1 saturated heterocycles. The summed E-state index contributed by atoms with van der Waals surface area (Å²) in [4.78, 5) is 22.2. The Balaban J connectivity index is 1.10. The van der Waals surface area contributed by atoms with Crippen molar-refractivity contribution < 1.29 is 9.90 Å². The third-order valence-corrected chi connectivity index (χ3v) is 9.31. The van der Waals surface area contributed by atoms with Crippen LogP contribution in [-0.2, 0) is 17.6 Å². The summed E-state index contributed by atoms with van der Waals surface area (Å²) < 4.78 is 2.03. The number of hydrogen-bond acceptors (Lipinski definition) is 6. The van der Waals surface area contributed by atoms with Gasteiger partial charge in [-0.25, -0.2) is 4.98 Å². The average Bonchev–Trinajstić information content (AvgIpc) is 3.46. The minimum Gasteiger partial charge on any atom is -0.395 e. The van der Waals surface area contributed by atoms with Gasteiger partial charge in [-0.3, -0.25) is 9.69 Å². The molecule has 1 fully saturated rings. The van der Waals surface area contributed by atoms with Crippen LogP contribution in [0.2, 0.25) is 0 Å². The highest BCUT2D eigenvalue weighted by molar-refractivity contribution is 5.83. The number of nitrogens with one attached hydrogen (secondary N) is 1. The third kappa shape index (κ3) is 8.48. The van der Waals surface area contributed by atoms with Gasteiger partial charge in [0.1, 0.15) is 5.82 Å². The first-order valence-corrected chi connectivity index (χ1v) is 17.5. The average molecular weight is 645 g/mol. The molecule has 8 heteroatoms. The Kier molecular flexibility index (Phi) is 11.5. The fraction of sp³-hybridized carbons (Fsp3) is 0.375. The Morgan fingerprint density at radius 2 is 1.48 bits per heavy atom. The summed E-state index contributed by atoms with van der Waals surface area (Å²) in [5.41, 5.74) is 8.51. The van der Waals surface area contributed by atoms with Gasteiger partial charge < -0.3 is 15.3 Å². The Hall–Kier alpha value is -4.53. The quantitative estimate of drug-likeness (QED) is 0.130. The number of β-amino-alcohol motifs (C(OH)–C–C–N with tert-alkyl or cyclic N) is 1. The van der Waals surface area contributed by atoms with Crippen molar-refractivity contribution in [3.05, 3.63) is 108 Å². The van der Waals surface area contributed by atoms with E-state index in [0.717, 1.165) is 104 Å². The standard InChI is InChI=1S/C40H48N6O2/c1-31-39(34-18-10-6-11-19-34)40-42-36(30-38(46(40)43-31)45-24-22-44(23-25-45)26-27-47)35-20-13-17-32(28-35)14-7-3-2-4-12-21-41-37(48)29-33-15-8-5-9-16-33/h5-6,8-11,13,15-20,28,30,47H,2-4,7,12,14,21-27,29H2,1H3,(H,41,48). The lowest BCUT2D eigenvalue weighted by Gasteiger charge is -2.35. The number of amides is 1. The Labute approximate surface area is 284 Å². The molecule has 1 aliphatic heterocycles. The van der Waals surface area contributed by atoms with Crippen LogP contribution in [0.4, 0.5) is 5.82 Å². The van der Waals surface area contributed by atoms with Crippen LogP contribution in [0.1, 0.15) is 48.9 Å². The van der Waals surface area contributed by atoms with Gasteiger partial charge in [0, 0.05) is 56.5 Å². The summed E-state index contributed by atoms with van der Waals surface area (Å²) in [6.07, 6.45) is 7.11. The zero-order valence-corrected chi connectivity index (χ0v) is 28.2. The van der Waals surface area contributed by atoms with Gasteiger partial charge >= 0.3 is 0 Å². The van der Waals surface area contributed by atoms with Crippen molar-refractivity contribution >= 4 is 17.4 Å². The number of aromatic nitrogens is 3. The van der Waals surface area contributed by atoms with E-state index in [-0.39, 0.29) is 12.5 Å². The van der Waals surface area contributed by atoms with Crippen LogP contribution < -0.4 is 10.2 Å². The summed E-state index contributed by atoms with van der Waals surface area (Å²) >= 11 is 0. The SMILES string of the molecule is Cc1nn2c(N3CCN(CCO)CC3)cc(-c3cccc(CCCCCCCNC(=O)Cc4ccccc4)c3)nc2c1-c1ccccc1. The van der Waals surface area contributed by atoms with Gasteiger partial charge in [-0.15, -0.1) is 0 Å². The summed E-state index contributed by atoms with van der Waals surface area (Å²) in [6, 6.07) is 31.4. The van der Waals surface area contributed by atoms with E-state index in [1.807, 2.05) is 40.9 Å². The number of carbonyl (C=O) groups is 1. The molecular formula is C40H48N6O2. The lowest BCUT2D eigenvalue weighted by Crippen LogP contribution is -2.47. The Morgan fingerprint density at radius 1 is 0.792 bits per heavy atom. The van der Waals surface area contributed by atoms with Crippen LogP contribution in [0, 0.1) is 6.92 Å². The van der Waals surface area contributed by atoms with Crippen molar-refractivity contribution in [2.75, 3.05) is 50.8 Å². The first-order valence-electron chi connectivity index (χ1n) is 17.5. The van der Waals surface area contributed by atoms with E-state index in [1.54, 1.807) is 0 Å². The van der Waals surface area contributed by atoms with E-state index in [2.05, 4.69) is 76.6 Å². The molecule has 3 aromatic carbocycles. The molecule has 0 aliphatic carbocycles. The molecule has 6 rings (SSSR count). The third-order valence-electron chi connectivity index (χ3n) is 9.31. The minimum absolute atomic E-state index is 0.0992. The number of aliphatic hydroxyl groups excluding tert-OH is 1. The van der Waals surface area contributed by atoms with Gasteiger partial charge in [0.25, 0.3) is 0 Å². The predicted molar refractivity (Wildman–Crippen MR) is 194 cm³/mol. The van der Waals surface area contributed by atoms with Gasteiger partial charge in [-0.2, -0.15) is 9.61 Å².